The fraction of sp³-hybridized carbons (Fsp3) is 0.474. The van der Waals surface area contributed by atoms with Gasteiger partial charge in [0.15, 0.2) is 0 Å². The number of pyridine rings is 1. The summed E-state index contributed by atoms with van der Waals surface area (Å²) in [5.41, 5.74) is 8.26. The van der Waals surface area contributed by atoms with Crippen molar-refractivity contribution in [2.45, 2.75) is 33.2 Å². The summed E-state index contributed by atoms with van der Waals surface area (Å²) in [5, 5.41) is 0.928. The highest BCUT2D eigenvalue weighted by Gasteiger charge is 2.17. The highest BCUT2D eigenvalue weighted by atomic mass is 35.5. The fourth-order valence-electron chi connectivity index (χ4n) is 2.57. The molecule has 25 heavy (non-hydrogen) atoms. The Hall–Kier alpha value is -1.85. The van der Waals surface area contributed by atoms with Gasteiger partial charge in [0.1, 0.15) is 5.75 Å². The second-order valence-corrected chi connectivity index (χ2v) is 6.60. The van der Waals surface area contributed by atoms with E-state index in [1.165, 1.54) is 0 Å². The number of nitrogens with zero attached hydrogens (tertiary/aromatic N) is 2. The van der Waals surface area contributed by atoms with E-state index >= 15 is 0 Å². The van der Waals surface area contributed by atoms with E-state index in [1.54, 1.807) is 12.0 Å². The first kappa shape index (κ1) is 21.2. The minimum atomic E-state index is -0.0197. The standard InChI is InChI=1S/C19H27N3O2.ClH/c1-12(2)17(20)8-9-22(4)19(23)16-10-14-6-7-15(24-5)11-18(14)21-13(16)3;/h6-7,10-12,17H,8-9,20H2,1-5H3;1H. The average molecular weight is 366 g/mol. The van der Waals surface area contributed by atoms with Gasteiger partial charge in [0.05, 0.1) is 23.9 Å². The second-order valence-electron chi connectivity index (χ2n) is 6.60. The van der Waals surface area contributed by atoms with Crippen molar-refractivity contribution in [2.75, 3.05) is 20.7 Å². The minimum Gasteiger partial charge on any atom is -0.497 e. The van der Waals surface area contributed by atoms with Crippen LogP contribution in [0.5, 0.6) is 5.75 Å². The molecular weight excluding hydrogens is 338 g/mol. The lowest BCUT2D eigenvalue weighted by Crippen LogP contribution is -2.35. The highest BCUT2D eigenvalue weighted by Crippen LogP contribution is 2.22. The molecule has 2 N–H and O–H groups in total. The Bertz CT molecular complexity index is 734. The first-order chi connectivity index (χ1) is 11.3. The predicted octanol–water partition coefficient (Wildman–Crippen LogP) is 3.42. The Kier molecular flexibility index (Phi) is 7.64. The van der Waals surface area contributed by atoms with Gasteiger partial charge in [0.2, 0.25) is 0 Å². The molecule has 6 heteroatoms. The molecule has 0 aliphatic heterocycles. The minimum absolute atomic E-state index is 0. The first-order valence-corrected chi connectivity index (χ1v) is 8.30. The van der Waals surface area contributed by atoms with Crippen molar-refractivity contribution >= 4 is 29.2 Å². The lowest BCUT2D eigenvalue weighted by Gasteiger charge is -2.22. The SMILES string of the molecule is COc1ccc2cc(C(=O)N(C)CCC(N)C(C)C)c(C)nc2c1.Cl. The highest BCUT2D eigenvalue weighted by molar-refractivity contribution is 5.98. The van der Waals surface area contributed by atoms with E-state index in [4.69, 9.17) is 10.5 Å². The monoisotopic (exact) mass is 365 g/mol. The van der Waals surface area contributed by atoms with Crippen molar-refractivity contribution in [3.05, 3.63) is 35.5 Å². The van der Waals surface area contributed by atoms with Gasteiger partial charge >= 0.3 is 0 Å². The molecule has 2 aromatic rings. The molecule has 0 saturated heterocycles. The third-order valence-corrected chi connectivity index (χ3v) is 4.45. The Morgan fingerprint density at radius 1 is 1.32 bits per heavy atom. The van der Waals surface area contributed by atoms with Crippen molar-refractivity contribution in [3.63, 3.8) is 0 Å². The lowest BCUT2D eigenvalue weighted by atomic mass is 10.0. The van der Waals surface area contributed by atoms with Crippen LogP contribution in [0.2, 0.25) is 0 Å². The molecule has 1 aromatic carbocycles. The number of aromatic nitrogens is 1. The Morgan fingerprint density at radius 3 is 2.60 bits per heavy atom. The summed E-state index contributed by atoms with van der Waals surface area (Å²) in [5.74, 6) is 1.15. The van der Waals surface area contributed by atoms with E-state index in [0.717, 1.165) is 28.8 Å². The number of aryl methyl sites for hydroxylation is 1. The molecule has 0 aliphatic rings. The number of rotatable bonds is 6. The summed E-state index contributed by atoms with van der Waals surface area (Å²) >= 11 is 0. The average Bonchev–Trinajstić information content (AvgIpc) is 2.57. The van der Waals surface area contributed by atoms with Crippen LogP contribution in [0.3, 0.4) is 0 Å². The topological polar surface area (TPSA) is 68.5 Å². The van der Waals surface area contributed by atoms with Gasteiger partial charge in [-0.25, -0.2) is 0 Å². The van der Waals surface area contributed by atoms with Crippen LogP contribution in [0.15, 0.2) is 24.3 Å². The normalized spacial score (nSPS) is 12.0. The molecule has 1 amide bonds. The smallest absolute Gasteiger partial charge is 0.255 e. The van der Waals surface area contributed by atoms with Gasteiger partial charge in [-0.2, -0.15) is 0 Å². The van der Waals surface area contributed by atoms with Crippen molar-refractivity contribution in [3.8, 4) is 5.75 Å². The zero-order valence-corrected chi connectivity index (χ0v) is 16.4. The maximum absolute atomic E-state index is 12.7. The summed E-state index contributed by atoms with van der Waals surface area (Å²) in [6.45, 7) is 6.69. The third kappa shape index (κ3) is 5.06. The van der Waals surface area contributed by atoms with Crippen molar-refractivity contribution in [2.24, 2.45) is 11.7 Å². The van der Waals surface area contributed by atoms with E-state index in [9.17, 15) is 4.79 Å². The van der Waals surface area contributed by atoms with Gasteiger partial charge < -0.3 is 15.4 Å². The van der Waals surface area contributed by atoms with Crippen LogP contribution in [0, 0.1) is 12.8 Å². The predicted molar refractivity (Wildman–Crippen MR) is 105 cm³/mol. The van der Waals surface area contributed by atoms with Crippen LogP contribution < -0.4 is 10.5 Å². The van der Waals surface area contributed by atoms with Gasteiger partial charge in [-0.3, -0.25) is 9.78 Å². The quantitative estimate of drug-likeness (QED) is 0.851. The second kappa shape index (κ2) is 9.02. The summed E-state index contributed by atoms with van der Waals surface area (Å²) in [6.07, 6.45) is 0.789. The molecule has 1 unspecified atom stereocenters. The van der Waals surface area contributed by atoms with Crippen LogP contribution in [-0.2, 0) is 0 Å². The summed E-state index contributed by atoms with van der Waals surface area (Å²) < 4.78 is 5.22. The van der Waals surface area contributed by atoms with Crippen LogP contribution in [0.1, 0.15) is 36.3 Å². The molecule has 1 heterocycles. The van der Waals surface area contributed by atoms with E-state index in [0.29, 0.717) is 18.0 Å². The van der Waals surface area contributed by atoms with Crippen LogP contribution in [-0.4, -0.2) is 42.5 Å². The molecule has 0 saturated carbocycles. The van der Waals surface area contributed by atoms with Crippen molar-refractivity contribution in [1.29, 1.82) is 0 Å². The summed E-state index contributed by atoms with van der Waals surface area (Å²) in [6, 6.07) is 7.68. The zero-order valence-electron chi connectivity index (χ0n) is 15.6. The molecule has 0 bridgehead atoms. The molecule has 0 fully saturated rings. The maximum atomic E-state index is 12.7. The Balaban J connectivity index is 0.00000312. The van der Waals surface area contributed by atoms with E-state index in [1.807, 2.05) is 38.2 Å². The molecule has 138 valence electrons. The Morgan fingerprint density at radius 2 is 2.00 bits per heavy atom. The number of benzene rings is 1. The van der Waals surface area contributed by atoms with Gasteiger partial charge in [-0.1, -0.05) is 13.8 Å². The number of ether oxygens (including phenoxy) is 1. The van der Waals surface area contributed by atoms with E-state index in [-0.39, 0.29) is 24.4 Å². The molecule has 1 atom stereocenters. The molecule has 0 spiro atoms. The Labute approximate surface area is 156 Å². The molecule has 5 nitrogen and oxygen atoms in total. The molecule has 0 aliphatic carbocycles. The summed E-state index contributed by atoms with van der Waals surface area (Å²) in [7, 11) is 3.44. The molecular formula is C19H28ClN3O2. The van der Waals surface area contributed by atoms with Gasteiger partial charge in [0, 0.05) is 31.1 Å². The summed E-state index contributed by atoms with van der Waals surface area (Å²) in [4.78, 5) is 19.0. The van der Waals surface area contributed by atoms with Gasteiger partial charge in [-0.15, -0.1) is 12.4 Å². The largest absolute Gasteiger partial charge is 0.497 e. The number of nitrogens with two attached hydrogens (primary N) is 1. The fourth-order valence-corrected chi connectivity index (χ4v) is 2.57. The number of halogens is 1. The number of hydrogen-bond donors (Lipinski definition) is 1. The number of carbonyl (C=O) groups is 1. The molecule has 0 radical (unpaired) electrons. The zero-order chi connectivity index (χ0) is 17.9. The van der Waals surface area contributed by atoms with Gasteiger partial charge in [0.25, 0.3) is 5.91 Å². The van der Waals surface area contributed by atoms with Crippen LogP contribution >= 0.6 is 12.4 Å². The number of fused-ring (bicyclic) bond motifs is 1. The number of hydrogen-bond acceptors (Lipinski definition) is 4. The number of carbonyl (C=O) groups excluding carboxylic acids is 1. The molecule has 1 aromatic heterocycles. The first-order valence-electron chi connectivity index (χ1n) is 8.30. The number of methoxy groups -OCH3 is 1. The third-order valence-electron chi connectivity index (χ3n) is 4.45. The maximum Gasteiger partial charge on any atom is 0.255 e. The van der Waals surface area contributed by atoms with Crippen molar-refractivity contribution < 1.29 is 9.53 Å². The number of amides is 1. The lowest BCUT2D eigenvalue weighted by molar-refractivity contribution is 0.0788. The molecule has 2 rings (SSSR count). The van der Waals surface area contributed by atoms with Crippen LogP contribution in [0.4, 0.5) is 0 Å². The van der Waals surface area contributed by atoms with Crippen molar-refractivity contribution in [1.82, 2.24) is 9.88 Å². The van der Waals surface area contributed by atoms with E-state index < -0.39 is 0 Å². The van der Waals surface area contributed by atoms with E-state index in [2.05, 4.69) is 18.8 Å². The van der Waals surface area contributed by atoms with Gasteiger partial charge in [-0.05, 0) is 37.5 Å². The van der Waals surface area contributed by atoms with Crippen LogP contribution in [0.25, 0.3) is 10.9 Å².